The zero-order valence-electron chi connectivity index (χ0n) is 15.9. The highest BCUT2D eigenvalue weighted by Crippen LogP contribution is 2.17. The van der Waals surface area contributed by atoms with Crippen molar-refractivity contribution in [3.63, 3.8) is 0 Å². The lowest BCUT2D eigenvalue weighted by Crippen LogP contribution is -2.29. The van der Waals surface area contributed by atoms with E-state index in [-0.39, 0.29) is 29.3 Å². The van der Waals surface area contributed by atoms with Gasteiger partial charge in [0, 0.05) is 19.2 Å². The number of aliphatic hydroxyl groups is 1. The molecule has 0 fully saturated rings. The van der Waals surface area contributed by atoms with Crippen molar-refractivity contribution in [1.82, 2.24) is 19.1 Å². The second-order valence-corrected chi connectivity index (χ2v) is 6.50. The number of anilines is 1. The van der Waals surface area contributed by atoms with Crippen LogP contribution in [-0.4, -0.2) is 40.9 Å². The Hall–Kier alpha value is -3.80. The van der Waals surface area contributed by atoms with Crippen LogP contribution in [0.4, 0.5) is 11.6 Å². The summed E-state index contributed by atoms with van der Waals surface area (Å²) in [4.78, 5) is 40.9. The molecule has 0 aliphatic heterocycles. The van der Waals surface area contributed by atoms with Gasteiger partial charge in [0.25, 0.3) is 11.2 Å². The first kappa shape index (κ1) is 19.9. The van der Waals surface area contributed by atoms with Crippen molar-refractivity contribution >= 4 is 28.5 Å². The number of aromatic nitrogens is 4. The number of nitro groups is 1. The van der Waals surface area contributed by atoms with Crippen molar-refractivity contribution in [2.24, 2.45) is 12.1 Å². The molecule has 3 rings (SSSR count). The fourth-order valence-corrected chi connectivity index (χ4v) is 2.78. The molecular formula is C17H19N7O5. The molecule has 12 heteroatoms. The number of aryl methyl sites for hydroxylation is 1. The Balaban J connectivity index is 2.02. The third kappa shape index (κ3) is 3.91. The van der Waals surface area contributed by atoms with Crippen molar-refractivity contribution in [3.8, 4) is 0 Å². The van der Waals surface area contributed by atoms with E-state index in [1.54, 1.807) is 26.0 Å². The van der Waals surface area contributed by atoms with Gasteiger partial charge in [-0.2, -0.15) is 10.1 Å². The Labute approximate surface area is 163 Å². The number of hydrazone groups is 1. The summed E-state index contributed by atoms with van der Waals surface area (Å²) in [6, 6.07) is 5.86. The van der Waals surface area contributed by atoms with E-state index in [0.29, 0.717) is 11.3 Å². The zero-order chi connectivity index (χ0) is 21.3. The Morgan fingerprint density at radius 1 is 1.38 bits per heavy atom. The number of nitrogens with zero attached hydrogens (tertiary/aromatic N) is 5. The van der Waals surface area contributed by atoms with Crippen molar-refractivity contribution in [2.75, 3.05) is 5.43 Å². The number of fused-ring (bicyclic) bond motifs is 1. The van der Waals surface area contributed by atoms with Crippen LogP contribution >= 0.6 is 0 Å². The summed E-state index contributed by atoms with van der Waals surface area (Å²) in [5.74, 6) is 0.161. The summed E-state index contributed by atoms with van der Waals surface area (Å²) in [5.41, 5.74) is 2.90. The molecule has 0 bridgehead atoms. The third-order valence-corrected chi connectivity index (χ3v) is 4.27. The minimum atomic E-state index is -0.788. The van der Waals surface area contributed by atoms with Crippen LogP contribution < -0.4 is 16.7 Å². The van der Waals surface area contributed by atoms with Gasteiger partial charge in [-0.1, -0.05) is 0 Å². The molecule has 1 atom stereocenters. The number of hydrogen-bond donors (Lipinski definition) is 3. The van der Waals surface area contributed by atoms with Crippen LogP contribution in [0.3, 0.4) is 0 Å². The number of rotatable bonds is 6. The monoisotopic (exact) mass is 401 g/mol. The molecule has 0 unspecified atom stereocenters. The van der Waals surface area contributed by atoms with Gasteiger partial charge in [-0.3, -0.25) is 24.5 Å². The van der Waals surface area contributed by atoms with Gasteiger partial charge in [0.15, 0.2) is 11.2 Å². The quantitative estimate of drug-likeness (QED) is 0.309. The van der Waals surface area contributed by atoms with Crippen LogP contribution in [0.1, 0.15) is 19.4 Å². The molecule has 2 aromatic heterocycles. The summed E-state index contributed by atoms with van der Waals surface area (Å²) in [7, 11) is 1.47. The standard InChI is InChI=1S/C17H19N7O5/c1-9(25)8-23-13-14(22(3)17(27)19-15(13)26)18-16(23)21-20-10(2)11-4-6-12(7-5-11)24(28)29/h4-7,9,25H,8H2,1-3H3,(H,18,21)(H,19,26,27)/b20-10-/t9-/m1/s1. The summed E-state index contributed by atoms with van der Waals surface area (Å²) < 4.78 is 2.62. The number of non-ortho nitro benzene ring substituents is 1. The number of hydrogen-bond acceptors (Lipinski definition) is 8. The molecule has 1 aromatic carbocycles. The maximum Gasteiger partial charge on any atom is 0.329 e. The van der Waals surface area contributed by atoms with E-state index in [1.807, 2.05) is 0 Å². The van der Waals surface area contributed by atoms with Gasteiger partial charge in [0.2, 0.25) is 5.95 Å². The lowest BCUT2D eigenvalue weighted by atomic mass is 10.1. The SMILES string of the molecule is C/C(=N/Nc1nc2c(c(=O)[nH]c(=O)n2C)n1C[C@@H](C)O)c1ccc([N+](=O)[O-])cc1. The number of benzene rings is 1. The normalized spacial score (nSPS) is 12.9. The van der Waals surface area contributed by atoms with Crippen LogP contribution in [0.5, 0.6) is 0 Å². The number of nitrogens with one attached hydrogen (secondary N) is 2. The topological polar surface area (TPSA) is 160 Å². The fourth-order valence-electron chi connectivity index (χ4n) is 2.78. The number of imidazole rings is 1. The second kappa shape index (κ2) is 7.67. The number of nitro benzene ring substituents is 1. The molecule has 2 heterocycles. The molecule has 0 saturated carbocycles. The molecule has 29 heavy (non-hydrogen) atoms. The number of aromatic amines is 1. The van der Waals surface area contributed by atoms with Crippen LogP contribution in [0.25, 0.3) is 11.2 Å². The summed E-state index contributed by atoms with van der Waals surface area (Å²) in [6.07, 6.45) is -0.788. The lowest BCUT2D eigenvalue weighted by Gasteiger charge is -2.10. The molecule has 0 amide bonds. The highest BCUT2D eigenvalue weighted by Gasteiger charge is 2.18. The molecule has 0 saturated heterocycles. The van der Waals surface area contributed by atoms with E-state index in [0.717, 1.165) is 0 Å². The molecule has 0 aliphatic rings. The van der Waals surface area contributed by atoms with E-state index in [2.05, 4.69) is 20.5 Å². The van der Waals surface area contributed by atoms with Crippen LogP contribution in [0, 0.1) is 10.1 Å². The van der Waals surface area contributed by atoms with Crippen molar-refractivity contribution in [3.05, 3.63) is 60.8 Å². The molecule has 0 spiro atoms. The molecule has 0 radical (unpaired) electrons. The molecule has 12 nitrogen and oxygen atoms in total. The maximum absolute atomic E-state index is 12.3. The molecular weight excluding hydrogens is 382 g/mol. The third-order valence-electron chi connectivity index (χ3n) is 4.27. The van der Waals surface area contributed by atoms with E-state index in [4.69, 9.17) is 0 Å². The number of aliphatic hydroxyl groups excluding tert-OH is 1. The Bertz CT molecular complexity index is 1220. The molecule has 3 N–H and O–H groups in total. The second-order valence-electron chi connectivity index (χ2n) is 6.50. The minimum Gasteiger partial charge on any atom is -0.392 e. The first-order valence-electron chi connectivity index (χ1n) is 8.61. The van der Waals surface area contributed by atoms with E-state index in [9.17, 15) is 24.8 Å². The van der Waals surface area contributed by atoms with E-state index >= 15 is 0 Å². The van der Waals surface area contributed by atoms with Crippen molar-refractivity contribution in [2.45, 2.75) is 26.5 Å². The lowest BCUT2D eigenvalue weighted by molar-refractivity contribution is -0.384. The van der Waals surface area contributed by atoms with Crippen molar-refractivity contribution in [1.29, 1.82) is 0 Å². The summed E-state index contributed by atoms with van der Waals surface area (Å²) in [5, 5.41) is 24.8. The van der Waals surface area contributed by atoms with Crippen LogP contribution in [0.2, 0.25) is 0 Å². The Morgan fingerprint density at radius 2 is 2.03 bits per heavy atom. The highest BCUT2D eigenvalue weighted by molar-refractivity contribution is 5.99. The molecule has 0 aliphatic carbocycles. The minimum absolute atomic E-state index is 0.0339. The average molecular weight is 401 g/mol. The van der Waals surface area contributed by atoms with E-state index in [1.165, 1.54) is 28.3 Å². The first-order valence-corrected chi connectivity index (χ1v) is 8.61. The Kier molecular flexibility index (Phi) is 5.28. The van der Waals surface area contributed by atoms with Gasteiger partial charge < -0.3 is 9.67 Å². The largest absolute Gasteiger partial charge is 0.392 e. The van der Waals surface area contributed by atoms with Crippen molar-refractivity contribution < 1.29 is 10.0 Å². The number of H-pyrrole nitrogens is 1. The van der Waals surface area contributed by atoms with Gasteiger partial charge in [0.05, 0.1) is 23.3 Å². The predicted octanol–water partition coefficient (Wildman–Crippen LogP) is 0.548. The average Bonchev–Trinajstić information content (AvgIpc) is 3.02. The van der Waals surface area contributed by atoms with Gasteiger partial charge in [0.1, 0.15) is 0 Å². The maximum atomic E-state index is 12.3. The summed E-state index contributed by atoms with van der Waals surface area (Å²) >= 11 is 0. The summed E-state index contributed by atoms with van der Waals surface area (Å²) in [6.45, 7) is 3.29. The smallest absolute Gasteiger partial charge is 0.329 e. The van der Waals surface area contributed by atoms with Gasteiger partial charge >= 0.3 is 5.69 Å². The first-order chi connectivity index (χ1) is 13.7. The van der Waals surface area contributed by atoms with Crippen LogP contribution in [0.15, 0.2) is 39.0 Å². The van der Waals surface area contributed by atoms with E-state index < -0.39 is 22.3 Å². The van der Waals surface area contributed by atoms with Gasteiger partial charge in [-0.15, -0.1) is 0 Å². The molecule has 3 aromatic rings. The zero-order valence-corrected chi connectivity index (χ0v) is 15.9. The van der Waals surface area contributed by atoms with Gasteiger partial charge in [-0.05, 0) is 31.5 Å². The Morgan fingerprint density at radius 3 is 2.62 bits per heavy atom. The molecule has 152 valence electrons. The predicted molar refractivity (Wildman–Crippen MR) is 106 cm³/mol. The fraction of sp³-hybridized carbons (Fsp3) is 0.294. The van der Waals surface area contributed by atoms with Gasteiger partial charge in [-0.25, -0.2) is 10.2 Å². The van der Waals surface area contributed by atoms with Crippen LogP contribution in [-0.2, 0) is 13.6 Å². The highest BCUT2D eigenvalue weighted by atomic mass is 16.6.